The fourth-order valence-electron chi connectivity index (χ4n) is 1.51. The lowest BCUT2D eigenvalue weighted by Crippen LogP contribution is -2.36. The van der Waals surface area contributed by atoms with Crippen molar-refractivity contribution in [3.05, 3.63) is 18.5 Å². The van der Waals surface area contributed by atoms with Crippen molar-refractivity contribution in [1.82, 2.24) is 9.29 Å². The summed E-state index contributed by atoms with van der Waals surface area (Å²) in [7, 11) is -2.17. The second-order valence-electron chi connectivity index (χ2n) is 3.47. The number of anilines is 1. The molecule has 0 radical (unpaired) electrons. The molecule has 0 saturated heterocycles. The van der Waals surface area contributed by atoms with Crippen molar-refractivity contribution in [3.63, 3.8) is 0 Å². The number of nitrogens with one attached hydrogen (secondary N) is 1. The first-order valence-electron chi connectivity index (χ1n) is 5.41. The Morgan fingerprint density at radius 2 is 1.94 bits per heavy atom. The van der Waals surface area contributed by atoms with Gasteiger partial charge in [0.25, 0.3) is 0 Å². The highest BCUT2D eigenvalue weighted by atomic mass is 32.2. The van der Waals surface area contributed by atoms with Crippen LogP contribution in [0.2, 0.25) is 0 Å². The Labute approximate surface area is 106 Å². The largest absolute Gasteiger partial charge is 0.395 e. The molecule has 8 heteroatoms. The van der Waals surface area contributed by atoms with Crippen LogP contribution in [0.1, 0.15) is 0 Å². The molecule has 1 aromatic heterocycles. The molecule has 0 aliphatic heterocycles. The maximum Gasteiger partial charge on any atom is 0.246 e. The highest BCUT2D eigenvalue weighted by Gasteiger charge is 2.26. The number of aromatic nitrogens is 1. The zero-order valence-corrected chi connectivity index (χ0v) is 10.9. The molecule has 7 nitrogen and oxygen atoms in total. The number of hydrogen-bond donors (Lipinski definition) is 3. The number of nitrogens with zero attached hydrogens (tertiary/aromatic N) is 2. The predicted octanol–water partition coefficient (Wildman–Crippen LogP) is -0.901. The number of rotatable bonds is 7. The lowest BCUT2D eigenvalue weighted by atomic mass is 10.4. The maximum absolute atomic E-state index is 12.3. The summed E-state index contributed by atoms with van der Waals surface area (Å²) in [6.45, 7) is -0.759. The monoisotopic (exact) mass is 275 g/mol. The summed E-state index contributed by atoms with van der Waals surface area (Å²) in [6.07, 6.45) is 2.72. The quantitative estimate of drug-likeness (QED) is 0.596. The minimum atomic E-state index is -3.78. The number of hydrogen-bond acceptors (Lipinski definition) is 6. The van der Waals surface area contributed by atoms with Gasteiger partial charge in [0.05, 0.1) is 18.9 Å². The minimum absolute atomic E-state index is 0.0226. The average molecular weight is 275 g/mol. The number of aliphatic hydroxyl groups excluding tert-OH is 2. The second kappa shape index (κ2) is 6.64. The summed E-state index contributed by atoms with van der Waals surface area (Å²) in [5.74, 6) is 0. The molecule has 0 amide bonds. The molecule has 0 aliphatic rings. The van der Waals surface area contributed by atoms with Gasteiger partial charge in [-0.15, -0.1) is 0 Å². The zero-order chi connectivity index (χ0) is 13.6. The van der Waals surface area contributed by atoms with E-state index in [4.69, 9.17) is 10.2 Å². The summed E-state index contributed by atoms with van der Waals surface area (Å²) < 4.78 is 25.6. The molecule has 3 N–H and O–H groups in total. The SMILES string of the molecule is CNc1ccncc1S(=O)(=O)N(CCO)CCO. The van der Waals surface area contributed by atoms with Crippen LogP contribution in [0.5, 0.6) is 0 Å². The van der Waals surface area contributed by atoms with Gasteiger partial charge in [0.2, 0.25) is 10.0 Å². The molecule has 0 bridgehead atoms. The fraction of sp³-hybridized carbons (Fsp3) is 0.500. The standard InChI is InChI=1S/C10H17N3O4S/c1-11-9-2-3-12-8-10(9)18(16,17)13(4-6-14)5-7-15/h2-3,8,14-15H,4-7H2,1H3,(H,11,12). The second-order valence-corrected chi connectivity index (χ2v) is 5.38. The number of sulfonamides is 1. The normalized spacial score (nSPS) is 11.8. The van der Waals surface area contributed by atoms with E-state index >= 15 is 0 Å². The van der Waals surface area contributed by atoms with Gasteiger partial charge in [-0.25, -0.2) is 8.42 Å². The van der Waals surface area contributed by atoms with Gasteiger partial charge in [0.1, 0.15) is 4.90 Å². The third-order valence-corrected chi connectivity index (χ3v) is 4.30. The Morgan fingerprint density at radius 1 is 1.33 bits per heavy atom. The van der Waals surface area contributed by atoms with Gasteiger partial charge in [0.15, 0.2) is 0 Å². The smallest absolute Gasteiger partial charge is 0.246 e. The Kier molecular flexibility index (Phi) is 5.48. The van der Waals surface area contributed by atoms with Crippen LogP contribution in [-0.2, 0) is 10.0 Å². The van der Waals surface area contributed by atoms with Crippen LogP contribution in [0.3, 0.4) is 0 Å². The Morgan fingerprint density at radius 3 is 2.44 bits per heavy atom. The Bertz CT molecular complexity index is 472. The molecule has 0 spiro atoms. The van der Waals surface area contributed by atoms with Crippen LogP contribution in [0.4, 0.5) is 5.69 Å². The van der Waals surface area contributed by atoms with Gasteiger partial charge < -0.3 is 15.5 Å². The van der Waals surface area contributed by atoms with E-state index in [1.54, 1.807) is 13.1 Å². The van der Waals surface area contributed by atoms with E-state index in [2.05, 4.69) is 10.3 Å². The molecule has 1 aromatic rings. The Balaban J connectivity index is 3.17. The van der Waals surface area contributed by atoms with Crippen molar-refractivity contribution in [1.29, 1.82) is 0 Å². The van der Waals surface area contributed by atoms with E-state index in [0.29, 0.717) is 5.69 Å². The zero-order valence-electron chi connectivity index (χ0n) is 10.1. The first kappa shape index (κ1) is 14.8. The third-order valence-electron chi connectivity index (χ3n) is 2.37. The summed E-state index contributed by atoms with van der Waals surface area (Å²) in [4.78, 5) is 3.81. The summed E-state index contributed by atoms with van der Waals surface area (Å²) in [5, 5.41) is 20.5. The summed E-state index contributed by atoms with van der Waals surface area (Å²) in [5.41, 5.74) is 0.422. The van der Waals surface area contributed by atoms with Crippen LogP contribution >= 0.6 is 0 Å². The molecule has 0 aliphatic carbocycles. The predicted molar refractivity (Wildman–Crippen MR) is 66.7 cm³/mol. The van der Waals surface area contributed by atoms with Crippen LogP contribution in [0, 0.1) is 0 Å². The van der Waals surface area contributed by atoms with Crippen molar-refractivity contribution in [3.8, 4) is 0 Å². The highest BCUT2D eigenvalue weighted by molar-refractivity contribution is 7.89. The number of pyridine rings is 1. The van der Waals surface area contributed by atoms with Crippen molar-refractivity contribution in [2.45, 2.75) is 4.90 Å². The van der Waals surface area contributed by atoms with Gasteiger partial charge in [-0.05, 0) is 6.07 Å². The fourth-order valence-corrected chi connectivity index (χ4v) is 3.07. The number of aliphatic hydroxyl groups is 2. The third kappa shape index (κ3) is 3.16. The van der Waals surface area contributed by atoms with Gasteiger partial charge in [-0.3, -0.25) is 4.98 Å². The first-order valence-corrected chi connectivity index (χ1v) is 6.85. The van der Waals surface area contributed by atoms with Crippen molar-refractivity contribution >= 4 is 15.7 Å². The topological polar surface area (TPSA) is 103 Å². The van der Waals surface area contributed by atoms with E-state index in [1.807, 2.05) is 0 Å². The molecule has 0 unspecified atom stereocenters. The van der Waals surface area contributed by atoms with E-state index in [-0.39, 0.29) is 31.2 Å². The van der Waals surface area contributed by atoms with Gasteiger partial charge >= 0.3 is 0 Å². The Hall–Kier alpha value is -1.22. The van der Waals surface area contributed by atoms with Crippen molar-refractivity contribution in [2.75, 3.05) is 38.7 Å². The molecule has 18 heavy (non-hydrogen) atoms. The molecular weight excluding hydrogens is 258 g/mol. The maximum atomic E-state index is 12.3. The van der Waals surface area contributed by atoms with E-state index in [0.717, 1.165) is 4.31 Å². The first-order chi connectivity index (χ1) is 8.57. The molecule has 1 rings (SSSR count). The molecule has 0 fully saturated rings. The van der Waals surface area contributed by atoms with E-state index < -0.39 is 10.0 Å². The van der Waals surface area contributed by atoms with Crippen LogP contribution < -0.4 is 5.32 Å². The molecular formula is C10H17N3O4S. The van der Waals surface area contributed by atoms with Crippen LogP contribution in [0.15, 0.2) is 23.4 Å². The summed E-state index contributed by atoms with van der Waals surface area (Å²) >= 11 is 0. The van der Waals surface area contributed by atoms with E-state index in [1.165, 1.54) is 12.4 Å². The molecule has 1 heterocycles. The molecule has 0 saturated carbocycles. The van der Waals surface area contributed by atoms with E-state index in [9.17, 15) is 8.42 Å². The highest BCUT2D eigenvalue weighted by Crippen LogP contribution is 2.22. The van der Waals surface area contributed by atoms with Crippen LogP contribution in [-0.4, -0.2) is 61.3 Å². The van der Waals surface area contributed by atoms with Crippen molar-refractivity contribution in [2.24, 2.45) is 0 Å². The lowest BCUT2D eigenvalue weighted by Gasteiger charge is -2.21. The molecule has 0 atom stereocenters. The van der Waals surface area contributed by atoms with Gasteiger partial charge in [-0.2, -0.15) is 4.31 Å². The average Bonchev–Trinajstić information content (AvgIpc) is 2.38. The van der Waals surface area contributed by atoms with Crippen LogP contribution in [0.25, 0.3) is 0 Å². The molecule has 0 aromatic carbocycles. The van der Waals surface area contributed by atoms with Gasteiger partial charge in [-0.1, -0.05) is 0 Å². The van der Waals surface area contributed by atoms with Crippen molar-refractivity contribution < 1.29 is 18.6 Å². The minimum Gasteiger partial charge on any atom is -0.395 e. The van der Waals surface area contributed by atoms with Gasteiger partial charge in [0, 0.05) is 32.5 Å². The summed E-state index contributed by atoms with van der Waals surface area (Å²) in [6, 6.07) is 1.54. The lowest BCUT2D eigenvalue weighted by molar-refractivity contribution is 0.217. The molecule has 102 valence electrons.